The molecule has 15 nitrogen and oxygen atoms in total. The molecule has 3 saturated heterocycles. The van der Waals surface area contributed by atoms with Crippen LogP contribution in [0.5, 0.6) is 0 Å². The molecule has 1 N–H and O–H groups in total. The van der Waals surface area contributed by atoms with Gasteiger partial charge in [-0.15, -0.1) is 0 Å². The largest absolute Gasteiger partial charge is 0.457 e. The summed E-state index contributed by atoms with van der Waals surface area (Å²) in [6, 6.07) is 2.74. The fourth-order valence-corrected chi connectivity index (χ4v) is 9.51. The van der Waals surface area contributed by atoms with E-state index in [9.17, 15) is 24.3 Å². The summed E-state index contributed by atoms with van der Waals surface area (Å²) in [5.41, 5.74) is -0.239. The van der Waals surface area contributed by atoms with E-state index >= 15 is 0 Å². The highest BCUT2D eigenvalue weighted by molar-refractivity contribution is 6.00. The average Bonchev–Trinajstić information content (AvgIpc) is 3.81. The summed E-state index contributed by atoms with van der Waals surface area (Å²) in [6.07, 6.45) is 3.89. The summed E-state index contributed by atoms with van der Waals surface area (Å²) in [5, 5.41) is 11.5. The standard InChI is InChI=1S/C45H67N5O10/c1-13-35-45(14-2)39(50(43(55)60-45)20-16-15-19-49-24-33(47-25-49)32-18-17-27(4)46-23-32)29(6)36(51)26(3)22-44(9,56-12)40(30(7)37(52)31(8)41(54)58-35)59-42-38(53)34(48(10)11)21-28(5)57-42/h14,17-18,23-26,28-31,34-35,38-40,42,53H,2,13,15-16,19-22H2,1,3-12H3/t26-,28-,29+,30+,31-,34+,35-,38-,39-,40-,42+,44+,45-/m1/s1. The molecule has 0 bridgehead atoms. The van der Waals surface area contributed by atoms with Crippen molar-refractivity contribution in [3.05, 3.63) is 49.2 Å². The molecule has 15 heteroatoms. The number of carbonyl (C=O) groups excluding carboxylic acids is 4. The molecule has 13 atom stereocenters. The zero-order valence-electron chi connectivity index (χ0n) is 37.3. The number of carbonyl (C=O) groups is 4. The number of fused-ring (bicyclic) bond motifs is 1. The molecule has 2 aromatic heterocycles. The molecule has 0 aromatic carbocycles. The first-order valence-electron chi connectivity index (χ1n) is 21.4. The highest BCUT2D eigenvalue weighted by Crippen LogP contribution is 2.44. The first kappa shape index (κ1) is 47.0. The van der Waals surface area contributed by atoms with Gasteiger partial charge in [0.25, 0.3) is 0 Å². The lowest BCUT2D eigenvalue weighted by atomic mass is 9.72. The van der Waals surface area contributed by atoms with Crippen LogP contribution in [0.2, 0.25) is 0 Å². The van der Waals surface area contributed by atoms with Crippen molar-refractivity contribution >= 4 is 23.6 Å². The second-order valence-corrected chi connectivity index (χ2v) is 17.6. The molecule has 0 aliphatic carbocycles. The Kier molecular flexibility index (Phi) is 15.2. The summed E-state index contributed by atoms with van der Waals surface area (Å²) in [4.78, 5) is 69.6. The van der Waals surface area contributed by atoms with Crippen molar-refractivity contribution in [2.75, 3.05) is 27.7 Å². The van der Waals surface area contributed by atoms with Gasteiger partial charge in [0.2, 0.25) is 0 Å². The average molecular weight is 838 g/mol. The van der Waals surface area contributed by atoms with E-state index in [1.807, 2.05) is 55.7 Å². The first-order valence-corrected chi connectivity index (χ1v) is 21.4. The summed E-state index contributed by atoms with van der Waals surface area (Å²) in [7, 11) is 5.23. The first-order chi connectivity index (χ1) is 28.3. The molecule has 2 aromatic rings. The third-order valence-corrected chi connectivity index (χ3v) is 13.1. The zero-order valence-corrected chi connectivity index (χ0v) is 37.3. The van der Waals surface area contributed by atoms with E-state index in [0.29, 0.717) is 25.8 Å². The third kappa shape index (κ3) is 9.55. The van der Waals surface area contributed by atoms with Crippen molar-refractivity contribution in [1.29, 1.82) is 0 Å². The van der Waals surface area contributed by atoms with Crippen molar-refractivity contribution in [3.63, 3.8) is 0 Å². The highest BCUT2D eigenvalue weighted by atomic mass is 16.7. The Morgan fingerprint density at radius 3 is 2.35 bits per heavy atom. The van der Waals surface area contributed by atoms with Gasteiger partial charge in [0, 0.05) is 67.6 Å². The molecule has 0 saturated carbocycles. The van der Waals surface area contributed by atoms with Crippen molar-refractivity contribution in [1.82, 2.24) is 24.3 Å². The number of likely N-dealkylation sites (N-methyl/N-ethyl adjacent to an activating group) is 1. The minimum atomic E-state index is -1.60. The van der Waals surface area contributed by atoms with E-state index in [1.165, 1.54) is 20.1 Å². The number of aliphatic hydroxyl groups excluding tert-OH is 1. The van der Waals surface area contributed by atoms with Gasteiger partial charge in [-0.3, -0.25) is 24.3 Å². The van der Waals surface area contributed by atoms with E-state index in [2.05, 4.69) is 16.5 Å². The van der Waals surface area contributed by atoms with Gasteiger partial charge in [0.05, 0.1) is 35.9 Å². The minimum Gasteiger partial charge on any atom is -0.457 e. The Morgan fingerprint density at radius 2 is 1.73 bits per heavy atom. The van der Waals surface area contributed by atoms with E-state index in [1.54, 1.807) is 52.0 Å². The maximum atomic E-state index is 14.8. The quantitative estimate of drug-likeness (QED) is 0.125. The Hall–Kier alpha value is -4.02. The summed E-state index contributed by atoms with van der Waals surface area (Å²) in [5.74, 6) is -5.20. The van der Waals surface area contributed by atoms with Crippen LogP contribution < -0.4 is 0 Å². The third-order valence-electron chi connectivity index (χ3n) is 13.1. The topological polar surface area (TPSA) is 172 Å². The van der Waals surface area contributed by atoms with Crippen molar-refractivity contribution in [2.45, 2.75) is 148 Å². The van der Waals surface area contributed by atoms with Crippen LogP contribution in [-0.4, -0.2) is 135 Å². The number of amides is 1. The van der Waals surface area contributed by atoms with Crippen molar-refractivity contribution in [2.24, 2.45) is 23.7 Å². The van der Waals surface area contributed by atoms with Crippen LogP contribution in [0.15, 0.2) is 43.5 Å². The molecule has 0 spiro atoms. The number of hydrogen-bond acceptors (Lipinski definition) is 13. The van der Waals surface area contributed by atoms with E-state index < -0.39 is 83.4 Å². The number of ether oxygens (including phenoxy) is 5. The maximum absolute atomic E-state index is 14.8. The van der Waals surface area contributed by atoms with Crippen LogP contribution in [0.1, 0.15) is 86.3 Å². The monoisotopic (exact) mass is 837 g/mol. The van der Waals surface area contributed by atoms with E-state index in [0.717, 1.165) is 17.0 Å². The number of unbranched alkanes of at least 4 members (excludes halogenated alkanes) is 1. The Balaban J connectivity index is 1.45. The summed E-state index contributed by atoms with van der Waals surface area (Å²) in [6.45, 7) is 19.1. The highest BCUT2D eigenvalue weighted by Gasteiger charge is 2.61. The van der Waals surface area contributed by atoms with Crippen LogP contribution in [0, 0.1) is 30.6 Å². The number of nitrogens with zero attached hydrogens (tertiary/aromatic N) is 5. The van der Waals surface area contributed by atoms with Crippen molar-refractivity contribution < 1.29 is 48.0 Å². The van der Waals surface area contributed by atoms with E-state index in [4.69, 9.17) is 23.7 Å². The second-order valence-electron chi connectivity index (χ2n) is 17.6. The van der Waals surface area contributed by atoms with Gasteiger partial charge in [-0.25, -0.2) is 9.78 Å². The number of aromatic nitrogens is 3. The number of pyridine rings is 1. The number of esters is 1. The fraction of sp³-hybridized carbons (Fsp3) is 0.689. The smallest absolute Gasteiger partial charge is 0.411 e. The number of methoxy groups -OCH3 is 1. The Labute approximate surface area is 355 Å². The van der Waals surface area contributed by atoms with Crippen LogP contribution in [0.25, 0.3) is 11.3 Å². The summed E-state index contributed by atoms with van der Waals surface area (Å²) >= 11 is 0. The number of ketones is 2. The molecule has 3 aliphatic rings. The molecular weight excluding hydrogens is 771 g/mol. The van der Waals surface area contributed by atoms with Gasteiger partial charge >= 0.3 is 12.1 Å². The summed E-state index contributed by atoms with van der Waals surface area (Å²) < 4.78 is 33.3. The molecule has 3 fully saturated rings. The van der Waals surface area contributed by atoms with E-state index in [-0.39, 0.29) is 37.3 Å². The Morgan fingerprint density at radius 1 is 1.03 bits per heavy atom. The predicted molar refractivity (Wildman–Crippen MR) is 224 cm³/mol. The maximum Gasteiger partial charge on any atom is 0.411 e. The second kappa shape index (κ2) is 19.4. The van der Waals surface area contributed by atoms with Gasteiger partial charge in [0.1, 0.15) is 23.9 Å². The lowest BCUT2D eigenvalue weighted by Crippen LogP contribution is -2.60. The lowest BCUT2D eigenvalue weighted by Gasteiger charge is -2.47. The number of aliphatic hydroxyl groups is 1. The molecule has 60 heavy (non-hydrogen) atoms. The lowest BCUT2D eigenvalue weighted by molar-refractivity contribution is -0.295. The van der Waals surface area contributed by atoms with Gasteiger partial charge < -0.3 is 38.3 Å². The molecule has 0 radical (unpaired) electrons. The van der Waals surface area contributed by atoms with Crippen LogP contribution in [0.4, 0.5) is 4.79 Å². The van der Waals surface area contributed by atoms with Gasteiger partial charge in [0.15, 0.2) is 17.7 Å². The normalized spacial score (nSPS) is 35.8. The number of Topliss-reactive ketones (excluding diaryl/α,β-unsaturated/α-hetero) is 2. The molecule has 5 rings (SSSR count). The number of aryl methyl sites for hydroxylation is 2. The number of rotatable bonds is 12. The number of hydrogen-bond donors (Lipinski definition) is 1. The molecule has 5 heterocycles. The van der Waals surface area contributed by atoms with Crippen LogP contribution in [-0.2, 0) is 44.6 Å². The fourth-order valence-electron chi connectivity index (χ4n) is 9.51. The SMILES string of the molecule is C=C[C@]12OC(=O)N(CCCCn3cnc(-c4ccc(C)nc4)c3)[C@@H]1[C@@H](C)C(=O)[C@H](C)C[C@](C)(OC)[C@H](O[C@@H]1O[C@H](C)C[C@H](N(C)C)[C@H]1O)[C@@H](C)C(=O)[C@@H](C)C(=O)O[C@@H]2CC. The van der Waals surface area contributed by atoms with Crippen LogP contribution in [0.3, 0.4) is 0 Å². The predicted octanol–water partition coefficient (Wildman–Crippen LogP) is 5.40. The minimum absolute atomic E-state index is 0.106. The molecule has 332 valence electrons. The Bertz CT molecular complexity index is 1840. The molecule has 0 unspecified atom stereocenters. The van der Waals surface area contributed by atoms with Gasteiger partial charge in [-0.2, -0.15) is 0 Å². The molecular formula is C45H67N5O10. The number of imidazole rings is 1. The van der Waals surface area contributed by atoms with Crippen molar-refractivity contribution in [3.8, 4) is 11.3 Å². The van der Waals surface area contributed by atoms with Gasteiger partial charge in [-0.05, 0) is 92.1 Å². The van der Waals surface area contributed by atoms with Gasteiger partial charge in [-0.1, -0.05) is 34.3 Å². The molecule has 3 aliphatic heterocycles. The number of cyclic esters (lactones) is 1. The zero-order chi connectivity index (χ0) is 44.3. The molecule has 1 amide bonds. The van der Waals surface area contributed by atoms with Crippen LogP contribution >= 0.6 is 0 Å².